The number of aryl methyl sites for hydroxylation is 2. The highest BCUT2D eigenvalue weighted by Crippen LogP contribution is 2.35. The second kappa shape index (κ2) is 11.0. The van der Waals surface area contributed by atoms with E-state index in [9.17, 15) is 27.2 Å². The lowest BCUT2D eigenvalue weighted by Gasteiger charge is -2.15. The van der Waals surface area contributed by atoms with Gasteiger partial charge in [0.05, 0.1) is 18.8 Å². The number of ether oxygens (including phenoxy) is 1. The minimum atomic E-state index is -4.58. The SMILES string of the molecule is CC(=O)NC[C@H]1CN(c2ccc(-c3ccc(CCCc4c(C(F)(F)F)nn(C)c4Cl)cc3)c(F)c2)C(=O)O1. The van der Waals surface area contributed by atoms with Gasteiger partial charge in [-0.3, -0.25) is 14.4 Å². The van der Waals surface area contributed by atoms with Crippen LogP contribution < -0.4 is 10.2 Å². The van der Waals surface area contributed by atoms with Gasteiger partial charge in [0.2, 0.25) is 5.91 Å². The fourth-order valence-electron chi connectivity index (χ4n) is 4.32. The van der Waals surface area contributed by atoms with Gasteiger partial charge in [0.25, 0.3) is 0 Å². The molecule has 0 aliphatic carbocycles. The van der Waals surface area contributed by atoms with Gasteiger partial charge in [-0.15, -0.1) is 0 Å². The Morgan fingerprint density at radius 3 is 2.53 bits per heavy atom. The highest BCUT2D eigenvalue weighted by molar-refractivity contribution is 6.30. The summed E-state index contributed by atoms with van der Waals surface area (Å²) in [6.07, 6.45) is -4.69. The van der Waals surface area contributed by atoms with Crippen molar-refractivity contribution >= 4 is 29.3 Å². The maximum atomic E-state index is 15.0. The van der Waals surface area contributed by atoms with Gasteiger partial charge in [0.1, 0.15) is 17.1 Å². The number of rotatable bonds is 8. The van der Waals surface area contributed by atoms with Gasteiger partial charge in [-0.1, -0.05) is 35.9 Å². The molecule has 1 atom stereocenters. The number of cyclic esters (lactones) is 1. The molecular formula is C26H25ClF4N4O3. The molecule has 1 N–H and O–H groups in total. The zero-order valence-electron chi connectivity index (χ0n) is 20.6. The van der Waals surface area contributed by atoms with Crippen LogP contribution in [-0.4, -0.2) is 41.0 Å². The van der Waals surface area contributed by atoms with E-state index in [0.717, 1.165) is 10.2 Å². The predicted octanol–water partition coefficient (Wildman–Crippen LogP) is 5.54. The molecule has 1 saturated heterocycles. The Balaban J connectivity index is 1.39. The number of nitrogens with one attached hydrogen (secondary N) is 1. The summed E-state index contributed by atoms with van der Waals surface area (Å²) in [6.45, 7) is 1.71. The van der Waals surface area contributed by atoms with E-state index >= 15 is 0 Å². The average molecular weight is 553 g/mol. The van der Waals surface area contributed by atoms with E-state index in [2.05, 4.69) is 10.4 Å². The molecule has 7 nitrogen and oxygen atoms in total. The summed E-state index contributed by atoms with van der Waals surface area (Å²) in [4.78, 5) is 24.6. The van der Waals surface area contributed by atoms with Crippen LogP contribution in [0.1, 0.15) is 30.2 Å². The van der Waals surface area contributed by atoms with Crippen LogP contribution in [0, 0.1) is 5.82 Å². The van der Waals surface area contributed by atoms with Crippen molar-refractivity contribution in [2.45, 2.75) is 38.5 Å². The maximum absolute atomic E-state index is 15.0. The zero-order valence-corrected chi connectivity index (χ0v) is 21.4. The smallest absolute Gasteiger partial charge is 0.435 e. The minimum absolute atomic E-state index is 0.0243. The van der Waals surface area contributed by atoms with E-state index in [-0.39, 0.29) is 36.1 Å². The van der Waals surface area contributed by atoms with E-state index in [4.69, 9.17) is 16.3 Å². The van der Waals surface area contributed by atoms with Crippen molar-refractivity contribution in [1.29, 1.82) is 0 Å². The summed E-state index contributed by atoms with van der Waals surface area (Å²) in [5, 5.41) is 6.05. The predicted molar refractivity (Wildman–Crippen MR) is 133 cm³/mol. The first-order valence-corrected chi connectivity index (χ1v) is 12.2. The lowest BCUT2D eigenvalue weighted by Crippen LogP contribution is -2.33. The van der Waals surface area contributed by atoms with E-state index in [1.54, 1.807) is 36.4 Å². The number of anilines is 1. The molecule has 0 unspecified atom stereocenters. The fraction of sp³-hybridized carbons (Fsp3) is 0.346. The maximum Gasteiger partial charge on any atom is 0.435 e. The zero-order chi connectivity index (χ0) is 27.6. The summed E-state index contributed by atoms with van der Waals surface area (Å²) in [7, 11) is 1.37. The molecule has 0 saturated carbocycles. The number of alkyl halides is 3. The van der Waals surface area contributed by atoms with Gasteiger partial charge in [-0.25, -0.2) is 9.18 Å². The Morgan fingerprint density at radius 2 is 1.89 bits per heavy atom. The first kappa shape index (κ1) is 27.4. The third-order valence-corrected chi connectivity index (χ3v) is 6.68. The Hall–Kier alpha value is -3.60. The number of carbonyl (C=O) groups is 2. The molecule has 1 fully saturated rings. The second-order valence-electron chi connectivity index (χ2n) is 9.01. The topological polar surface area (TPSA) is 76.5 Å². The summed E-state index contributed by atoms with van der Waals surface area (Å²) < 4.78 is 60.9. The number of amides is 2. The Kier molecular flexibility index (Phi) is 7.96. The second-order valence-corrected chi connectivity index (χ2v) is 9.37. The van der Waals surface area contributed by atoms with Crippen molar-refractivity contribution in [2.75, 3.05) is 18.0 Å². The standard InChI is InChI=1S/C26H25ClF4N4O3/c1-15(36)32-13-19-14-35(25(37)38-19)18-10-11-20(22(28)12-18)17-8-6-16(7-9-17)4-3-5-21-23(26(29,30)31)33-34(2)24(21)27/h6-12,19H,3-5,13-14H2,1-2H3,(H,32,36)/t19-/m0/s1. The van der Waals surface area contributed by atoms with Gasteiger partial charge >= 0.3 is 12.3 Å². The molecule has 2 aromatic carbocycles. The normalized spacial score (nSPS) is 15.6. The van der Waals surface area contributed by atoms with Crippen LogP contribution in [0.15, 0.2) is 42.5 Å². The molecule has 0 spiro atoms. The van der Waals surface area contributed by atoms with Crippen LogP contribution >= 0.6 is 11.6 Å². The van der Waals surface area contributed by atoms with Gasteiger partial charge < -0.3 is 10.1 Å². The number of hydrogen-bond acceptors (Lipinski definition) is 4. The van der Waals surface area contributed by atoms with Crippen molar-refractivity contribution in [3.63, 3.8) is 0 Å². The molecular weight excluding hydrogens is 528 g/mol. The fourth-order valence-corrected chi connectivity index (χ4v) is 4.54. The quantitative estimate of drug-likeness (QED) is 0.373. The first-order valence-electron chi connectivity index (χ1n) is 11.8. The highest BCUT2D eigenvalue weighted by atomic mass is 35.5. The van der Waals surface area contributed by atoms with E-state index in [1.165, 1.54) is 24.9 Å². The number of benzene rings is 2. The van der Waals surface area contributed by atoms with Crippen molar-refractivity contribution in [1.82, 2.24) is 15.1 Å². The van der Waals surface area contributed by atoms with Crippen LogP contribution in [-0.2, 0) is 35.6 Å². The number of halogens is 5. The molecule has 1 aliphatic heterocycles. The van der Waals surface area contributed by atoms with E-state index in [0.29, 0.717) is 29.7 Å². The lowest BCUT2D eigenvalue weighted by molar-refractivity contribution is -0.142. The molecule has 1 aromatic heterocycles. The van der Waals surface area contributed by atoms with Crippen molar-refractivity contribution < 1.29 is 31.9 Å². The number of aromatic nitrogens is 2. The molecule has 202 valence electrons. The monoisotopic (exact) mass is 552 g/mol. The lowest BCUT2D eigenvalue weighted by atomic mass is 9.99. The largest absolute Gasteiger partial charge is 0.442 e. The molecule has 12 heteroatoms. The average Bonchev–Trinajstić information content (AvgIpc) is 3.37. The molecule has 0 radical (unpaired) electrons. The summed E-state index contributed by atoms with van der Waals surface area (Å²) in [5.74, 6) is -0.770. The van der Waals surface area contributed by atoms with Crippen LogP contribution in [0.2, 0.25) is 5.15 Å². The van der Waals surface area contributed by atoms with Crippen LogP contribution in [0.3, 0.4) is 0 Å². The molecule has 3 aromatic rings. The van der Waals surface area contributed by atoms with E-state index in [1.807, 2.05) is 0 Å². The third-order valence-electron chi connectivity index (χ3n) is 6.21. The van der Waals surface area contributed by atoms with E-state index < -0.39 is 29.9 Å². The molecule has 2 amide bonds. The van der Waals surface area contributed by atoms with Crippen LogP contribution in [0.5, 0.6) is 0 Å². The van der Waals surface area contributed by atoms with Gasteiger partial charge in [0, 0.05) is 25.1 Å². The first-order chi connectivity index (χ1) is 17.9. The van der Waals surface area contributed by atoms with Gasteiger partial charge in [0.15, 0.2) is 5.69 Å². The van der Waals surface area contributed by atoms with Crippen molar-refractivity contribution in [3.05, 3.63) is 70.3 Å². The highest BCUT2D eigenvalue weighted by Gasteiger charge is 2.38. The van der Waals surface area contributed by atoms with Gasteiger partial charge in [-0.05, 0) is 48.6 Å². The van der Waals surface area contributed by atoms with Crippen molar-refractivity contribution in [2.24, 2.45) is 7.05 Å². The van der Waals surface area contributed by atoms with Gasteiger partial charge in [-0.2, -0.15) is 18.3 Å². The third kappa shape index (κ3) is 6.09. The Labute approximate surface area is 221 Å². The summed E-state index contributed by atoms with van der Waals surface area (Å²) in [5.41, 5.74) is 1.17. The number of nitrogens with zero attached hydrogens (tertiary/aromatic N) is 3. The summed E-state index contributed by atoms with van der Waals surface area (Å²) in [6, 6.07) is 11.5. The summed E-state index contributed by atoms with van der Waals surface area (Å²) >= 11 is 6.02. The molecule has 4 rings (SSSR count). The molecule has 1 aliphatic rings. The van der Waals surface area contributed by atoms with Crippen LogP contribution in [0.4, 0.5) is 28.0 Å². The minimum Gasteiger partial charge on any atom is -0.442 e. The molecule has 2 heterocycles. The Bertz CT molecular complexity index is 1340. The molecule has 0 bridgehead atoms. The van der Waals surface area contributed by atoms with Crippen molar-refractivity contribution in [3.8, 4) is 11.1 Å². The number of hydrogen-bond donors (Lipinski definition) is 1. The van der Waals surface area contributed by atoms with Crippen LogP contribution in [0.25, 0.3) is 11.1 Å². The molecule has 38 heavy (non-hydrogen) atoms. The Morgan fingerprint density at radius 1 is 1.18 bits per heavy atom. The number of carbonyl (C=O) groups excluding carboxylic acids is 2.